The Hall–Kier alpha value is 0.598. The smallest absolute Gasteiger partial charge is 0.342 e. The molecular weight excluding hydrogens is 645 g/mol. The quantitative estimate of drug-likeness (QED) is 0.135. The SMILES string of the molecule is CPCPP.FC(F)=C(F)Oc1cc[c-]cc1.FC(F)=C(F)Oc1cc[c-]cc1.[CH3-].[Y].[Y]. The molecule has 0 heterocycles. The Morgan fingerprint density at radius 1 is 0.781 bits per heavy atom. The van der Waals surface area contributed by atoms with Crippen LogP contribution in [0.5, 0.6) is 11.5 Å². The monoisotopic (exact) mass is 665 g/mol. The van der Waals surface area contributed by atoms with Crippen molar-refractivity contribution in [2.45, 2.75) is 0 Å². The zero-order valence-electron chi connectivity index (χ0n) is 17.1. The molecule has 2 radical (unpaired) electrons. The Morgan fingerprint density at radius 3 is 1.28 bits per heavy atom. The van der Waals surface area contributed by atoms with Gasteiger partial charge in [0.05, 0.1) is 0 Å². The van der Waals surface area contributed by atoms with E-state index in [9.17, 15) is 26.3 Å². The van der Waals surface area contributed by atoms with E-state index in [1.807, 2.05) is 0 Å². The second-order valence-electron chi connectivity index (χ2n) is 4.48. The fraction of sp³-hybridized carbons (Fsp3) is 0.105. The van der Waals surface area contributed by atoms with Gasteiger partial charge in [0.15, 0.2) is 0 Å². The van der Waals surface area contributed by atoms with Gasteiger partial charge in [0.2, 0.25) is 0 Å². The van der Waals surface area contributed by atoms with Crippen LogP contribution in [0.15, 0.2) is 72.7 Å². The van der Waals surface area contributed by atoms with Crippen molar-refractivity contribution in [2.24, 2.45) is 0 Å². The van der Waals surface area contributed by atoms with Gasteiger partial charge in [-0.15, -0.1) is 41.8 Å². The predicted molar refractivity (Wildman–Crippen MR) is 116 cm³/mol. The van der Waals surface area contributed by atoms with Gasteiger partial charge in [-0.25, -0.2) is 0 Å². The van der Waals surface area contributed by atoms with Crippen LogP contribution in [0.25, 0.3) is 0 Å². The third-order valence-corrected chi connectivity index (χ3v) is 6.43. The summed E-state index contributed by atoms with van der Waals surface area (Å²) in [5.74, 6) is 1.43. The van der Waals surface area contributed by atoms with Gasteiger partial charge in [0.1, 0.15) is 0 Å². The van der Waals surface area contributed by atoms with E-state index >= 15 is 0 Å². The van der Waals surface area contributed by atoms with Gasteiger partial charge in [0.25, 0.3) is 0 Å². The summed E-state index contributed by atoms with van der Waals surface area (Å²) in [6.45, 7) is 2.23. The van der Waals surface area contributed by atoms with Gasteiger partial charge in [-0.05, 0) is 12.6 Å². The molecule has 3 atom stereocenters. The van der Waals surface area contributed by atoms with Crippen LogP contribution in [0.3, 0.4) is 0 Å². The van der Waals surface area contributed by atoms with Gasteiger partial charge in [-0.1, -0.05) is 8.27 Å². The van der Waals surface area contributed by atoms with Crippen LogP contribution in [0.4, 0.5) is 26.3 Å². The first kappa shape index (κ1) is 39.8. The molecule has 0 N–H and O–H groups in total. The number of hydrogen-bond acceptors (Lipinski definition) is 2. The summed E-state index contributed by atoms with van der Waals surface area (Å²) in [4.78, 5) is 0. The second kappa shape index (κ2) is 26.2. The maximum atomic E-state index is 12.1. The average Bonchev–Trinajstić information content (AvgIpc) is 2.71. The molecule has 2 aromatic carbocycles. The van der Waals surface area contributed by atoms with Crippen molar-refractivity contribution in [3.8, 4) is 11.5 Å². The Morgan fingerprint density at radius 2 is 1.09 bits per heavy atom. The van der Waals surface area contributed by atoms with E-state index in [-0.39, 0.29) is 84.3 Å². The molecule has 0 saturated heterocycles. The first-order valence-corrected chi connectivity index (χ1v) is 12.3. The second-order valence-corrected chi connectivity index (χ2v) is 8.23. The van der Waals surface area contributed by atoms with Gasteiger partial charge in [-0.3, -0.25) is 0 Å². The zero-order valence-corrected chi connectivity index (χ0v) is 26.0. The van der Waals surface area contributed by atoms with E-state index in [2.05, 4.69) is 37.2 Å². The van der Waals surface area contributed by atoms with Crippen molar-refractivity contribution in [1.29, 1.82) is 0 Å². The average molecular weight is 665 g/mol. The Bertz CT molecular complexity index is 686. The minimum atomic E-state index is -2.47. The van der Waals surface area contributed by atoms with Crippen LogP contribution in [-0.4, -0.2) is 12.6 Å². The zero-order chi connectivity index (χ0) is 22.1. The Balaban J connectivity index is -0.000000189. The van der Waals surface area contributed by atoms with Gasteiger partial charge < -0.3 is 16.9 Å². The molecule has 174 valence electrons. The van der Waals surface area contributed by atoms with Crippen LogP contribution < -0.4 is 9.47 Å². The summed E-state index contributed by atoms with van der Waals surface area (Å²) in [6, 6.07) is 12.5. The van der Waals surface area contributed by atoms with Crippen LogP contribution in [0.2, 0.25) is 0 Å². The molecule has 0 fully saturated rings. The van der Waals surface area contributed by atoms with Crippen LogP contribution >= 0.6 is 25.8 Å². The number of rotatable bonds is 6. The van der Waals surface area contributed by atoms with Crippen molar-refractivity contribution in [3.05, 3.63) is 92.3 Å². The number of ether oxygens (including phenoxy) is 2. The molecule has 0 aliphatic carbocycles. The van der Waals surface area contributed by atoms with Crippen molar-refractivity contribution < 1.29 is 101 Å². The molecule has 32 heavy (non-hydrogen) atoms. The first-order chi connectivity index (χ1) is 13.8. The van der Waals surface area contributed by atoms with Gasteiger partial charge in [0, 0.05) is 76.9 Å². The number of benzene rings is 2. The first-order valence-electron chi connectivity index (χ1n) is 7.59. The van der Waals surface area contributed by atoms with Crippen molar-refractivity contribution in [3.63, 3.8) is 0 Å². The van der Waals surface area contributed by atoms with E-state index in [1.54, 1.807) is 0 Å². The molecule has 13 heteroatoms. The molecule has 0 aliphatic rings. The van der Waals surface area contributed by atoms with Gasteiger partial charge >= 0.3 is 24.2 Å². The molecular formula is C19H20F6O2P3Y2-3. The summed E-state index contributed by atoms with van der Waals surface area (Å²) >= 11 is 0. The molecule has 0 spiro atoms. The van der Waals surface area contributed by atoms with E-state index < -0.39 is 24.2 Å². The van der Waals surface area contributed by atoms with Crippen molar-refractivity contribution in [2.75, 3.05) is 12.6 Å². The predicted octanol–water partition coefficient (Wildman–Crippen LogP) is 7.97. The minimum Gasteiger partial charge on any atom is -0.455 e. The van der Waals surface area contributed by atoms with E-state index in [4.69, 9.17) is 0 Å². The molecule has 0 bridgehead atoms. The summed E-state index contributed by atoms with van der Waals surface area (Å²) in [5, 5.41) is 0. The van der Waals surface area contributed by atoms with Crippen LogP contribution in [0.1, 0.15) is 0 Å². The third kappa shape index (κ3) is 22.4. The normalized spacial score (nSPS) is 9.00. The summed E-state index contributed by atoms with van der Waals surface area (Å²) in [7, 11) is 4.97. The maximum Gasteiger partial charge on any atom is 0.342 e. The number of halogens is 6. The molecule has 2 nitrogen and oxygen atoms in total. The van der Waals surface area contributed by atoms with E-state index in [0.717, 1.165) is 16.9 Å². The fourth-order valence-electron chi connectivity index (χ4n) is 1.27. The summed E-state index contributed by atoms with van der Waals surface area (Å²) in [6.07, 6.45) is -4.94. The Kier molecular flexibility index (Phi) is 32.6. The molecule has 3 unspecified atom stereocenters. The fourth-order valence-corrected chi connectivity index (χ4v) is 3.92. The van der Waals surface area contributed by atoms with E-state index in [0.29, 0.717) is 0 Å². The Labute approximate surface area is 241 Å². The van der Waals surface area contributed by atoms with Gasteiger partial charge in [-0.2, -0.15) is 62.7 Å². The van der Waals surface area contributed by atoms with Crippen LogP contribution in [0, 0.1) is 19.6 Å². The van der Waals surface area contributed by atoms with E-state index in [1.165, 1.54) is 54.4 Å². The molecule has 0 aliphatic heterocycles. The molecule has 2 aromatic rings. The summed E-state index contributed by atoms with van der Waals surface area (Å²) in [5.41, 5.74) is 0. The largest absolute Gasteiger partial charge is 0.455 e. The van der Waals surface area contributed by atoms with Crippen LogP contribution in [-0.2, 0) is 65.4 Å². The minimum absolute atomic E-state index is 0. The van der Waals surface area contributed by atoms with Crippen molar-refractivity contribution in [1.82, 2.24) is 0 Å². The third-order valence-electron chi connectivity index (χ3n) is 2.37. The topological polar surface area (TPSA) is 18.5 Å². The summed E-state index contributed by atoms with van der Waals surface area (Å²) < 4.78 is 78.4. The maximum absolute atomic E-state index is 12.1. The van der Waals surface area contributed by atoms with Crippen molar-refractivity contribution >= 4 is 25.8 Å². The molecule has 2 rings (SSSR count). The molecule has 0 aromatic heterocycles. The standard InChI is InChI=1S/2C8H4F3O.C2H9P3.CH3.2Y/c2*9-7(10)8(11)12-6-4-2-1-3-5-6;1-4-2-5-3;;;/h2*2-5H;4-5H,2-3H2,1H3;1H3;;/q2*-1;;-1;;. The molecule has 0 saturated carbocycles. The number of hydrogen-bond donors (Lipinski definition) is 0. The molecule has 0 amide bonds.